The van der Waals surface area contributed by atoms with Gasteiger partial charge in [-0.3, -0.25) is 15.0 Å². The van der Waals surface area contributed by atoms with E-state index in [0.717, 1.165) is 25.9 Å². The lowest BCUT2D eigenvalue weighted by atomic mass is 10.00. The summed E-state index contributed by atoms with van der Waals surface area (Å²) in [4.78, 5) is 12.1. The second-order valence-corrected chi connectivity index (χ2v) is 5.77. The first-order valence-corrected chi connectivity index (χ1v) is 6.88. The van der Waals surface area contributed by atoms with Crippen LogP contribution in [0.3, 0.4) is 0 Å². The van der Waals surface area contributed by atoms with Crippen molar-refractivity contribution in [2.24, 2.45) is 11.8 Å². The van der Waals surface area contributed by atoms with Gasteiger partial charge < -0.3 is 5.11 Å². The van der Waals surface area contributed by atoms with Crippen LogP contribution in [0.4, 0.5) is 10.1 Å². The Morgan fingerprint density at radius 1 is 1.40 bits per heavy atom. The van der Waals surface area contributed by atoms with Gasteiger partial charge >= 0.3 is 5.69 Å². The van der Waals surface area contributed by atoms with Gasteiger partial charge in [0.05, 0.1) is 11.0 Å². The van der Waals surface area contributed by atoms with Crippen LogP contribution in [0, 0.1) is 27.8 Å². The average Bonchev–Trinajstić information content (AvgIpc) is 2.94. The zero-order chi connectivity index (χ0) is 14.3. The van der Waals surface area contributed by atoms with Gasteiger partial charge in [-0.2, -0.15) is 4.39 Å². The molecular formula is C14H17FN2O3. The SMILES string of the molecule is O=[N+]([O-])c1cccc(CN2CC3CCC(O)C3C2)c1F. The Bertz CT molecular complexity index is 537. The first kappa shape index (κ1) is 13.5. The van der Waals surface area contributed by atoms with E-state index in [1.165, 1.54) is 12.1 Å². The third kappa shape index (κ3) is 2.29. The molecule has 3 atom stereocenters. The maximum absolute atomic E-state index is 14.0. The van der Waals surface area contributed by atoms with E-state index >= 15 is 0 Å². The smallest absolute Gasteiger partial charge is 0.305 e. The van der Waals surface area contributed by atoms with Gasteiger partial charge in [-0.1, -0.05) is 12.1 Å². The van der Waals surface area contributed by atoms with Crippen molar-refractivity contribution in [3.05, 3.63) is 39.7 Å². The van der Waals surface area contributed by atoms with E-state index in [-0.39, 0.29) is 12.0 Å². The first-order chi connectivity index (χ1) is 9.56. The highest BCUT2D eigenvalue weighted by atomic mass is 19.1. The lowest BCUT2D eigenvalue weighted by molar-refractivity contribution is -0.387. The Morgan fingerprint density at radius 2 is 2.20 bits per heavy atom. The maximum Gasteiger partial charge on any atom is 0.305 e. The van der Waals surface area contributed by atoms with Crippen molar-refractivity contribution in [2.75, 3.05) is 13.1 Å². The lowest BCUT2D eigenvalue weighted by Crippen LogP contribution is -2.25. The lowest BCUT2D eigenvalue weighted by Gasteiger charge is -2.18. The summed E-state index contributed by atoms with van der Waals surface area (Å²) in [6, 6.07) is 4.29. The normalized spacial score (nSPS) is 29.6. The van der Waals surface area contributed by atoms with Gasteiger partial charge in [-0.25, -0.2) is 0 Å². The topological polar surface area (TPSA) is 66.6 Å². The van der Waals surface area contributed by atoms with Crippen molar-refractivity contribution >= 4 is 5.69 Å². The van der Waals surface area contributed by atoms with Crippen LogP contribution in [0.1, 0.15) is 18.4 Å². The van der Waals surface area contributed by atoms with Crippen LogP contribution < -0.4 is 0 Å². The van der Waals surface area contributed by atoms with Crippen LogP contribution in [-0.2, 0) is 6.54 Å². The molecule has 0 spiro atoms. The molecule has 0 aromatic heterocycles. The number of aliphatic hydroxyl groups excluding tert-OH is 1. The molecule has 1 saturated heterocycles. The van der Waals surface area contributed by atoms with Gasteiger partial charge in [0.15, 0.2) is 0 Å². The number of benzene rings is 1. The maximum atomic E-state index is 14.0. The standard InChI is InChI=1S/C14H17FN2O3/c15-14-10(2-1-3-12(14)17(19)20)7-16-6-9-4-5-13(18)11(9)8-16/h1-3,9,11,13,18H,4-8H2. The summed E-state index contributed by atoms with van der Waals surface area (Å²) in [5, 5.41) is 20.6. The van der Waals surface area contributed by atoms with Gasteiger partial charge in [-0.15, -0.1) is 0 Å². The molecule has 0 bridgehead atoms. The third-order valence-corrected chi connectivity index (χ3v) is 4.54. The zero-order valence-electron chi connectivity index (χ0n) is 11.0. The molecule has 2 aliphatic rings. The van der Waals surface area contributed by atoms with Crippen LogP contribution in [0.5, 0.6) is 0 Å². The Kier molecular flexibility index (Phi) is 3.43. The van der Waals surface area contributed by atoms with Crippen molar-refractivity contribution < 1.29 is 14.4 Å². The van der Waals surface area contributed by atoms with Crippen molar-refractivity contribution in [3.63, 3.8) is 0 Å². The predicted molar refractivity (Wildman–Crippen MR) is 70.6 cm³/mol. The molecule has 1 saturated carbocycles. The Morgan fingerprint density at radius 3 is 2.90 bits per heavy atom. The van der Waals surface area contributed by atoms with Gasteiger partial charge in [0.1, 0.15) is 0 Å². The Balaban J connectivity index is 1.73. The second-order valence-electron chi connectivity index (χ2n) is 5.77. The molecule has 3 unspecified atom stereocenters. The minimum atomic E-state index is -0.741. The summed E-state index contributed by atoms with van der Waals surface area (Å²) in [6.45, 7) is 1.95. The van der Waals surface area contributed by atoms with Crippen LogP contribution in [0.15, 0.2) is 18.2 Å². The fourth-order valence-corrected chi connectivity index (χ4v) is 3.53. The molecule has 1 aromatic rings. The molecule has 1 aliphatic carbocycles. The Labute approximate surface area is 116 Å². The van der Waals surface area contributed by atoms with Gasteiger partial charge in [0.2, 0.25) is 5.82 Å². The van der Waals surface area contributed by atoms with Crippen LogP contribution in [0.25, 0.3) is 0 Å². The number of aliphatic hydroxyl groups is 1. The molecular weight excluding hydrogens is 263 g/mol. The number of nitrogens with zero attached hydrogens (tertiary/aromatic N) is 2. The number of nitro groups is 1. The largest absolute Gasteiger partial charge is 0.393 e. The van der Waals surface area contributed by atoms with Crippen molar-refractivity contribution in [2.45, 2.75) is 25.5 Å². The molecule has 5 nitrogen and oxygen atoms in total. The zero-order valence-corrected chi connectivity index (χ0v) is 11.0. The summed E-state index contributed by atoms with van der Waals surface area (Å²) >= 11 is 0. The summed E-state index contributed by atoms with van der Waals surface area (Å²) < 4.78 is 14.0. The number of hydrogen-bond donors (Lipinski definition) is 1. The van der Waals surface area contributed by atoms with Crippen LogP contribution >= 0.6 is 0 Å². The number of nitro benzene ring substituents is 1. The minimum absolute atomic E-state index is 0.250. The highest BCUT2D eigenvalue weighted by Gasteiger charge is 2.41. The summed E-state index contributed by atoms with van der Waals surface area (Å²) in [5.41, 5.74) is -0.115. The molecule has 20 heavy (non-hydrogen) atoms. The predicted octanol–water partition coefficient (Wildman–Crippen LogP) is 1.94. The Hall–Kier alpha value is -1.53. The molecule has 108 valence electrons. The van der Waals surface area contributed by atoms with Crippen LogP contribution in [-0.4, -0.2) is 34.1 Å². The summed E-state index contributed by atoms with van der Waals surface area (Å²) in [7, 11) is 0. The number of rotatable bonds is 3. The molecule has 3 rings (SSSR count). The second kappa shape index (κ2) is 5.10. The van der Waals surface area contributed by atoms with Crippen LogP contribution in [0.2, 0.25) is 0 Å². The van der Waals surface area contributed by atoms with Gasteiger partial charge in [0.25, 0.3) is 0 Å². The molecule has 1 N–H and O–H groups in total. The molecule has 1 aliphatic heterocycles. The fraction of sp³-hybridized carbons (Fsp3) is 0.571. The van der Waals surface area contributed by atoms with Crippen molar-refractivity contribution in [1.82, 2.24) is 4.90 Å². The number of hydrogen-bond acceptors (Lipinski definition) is 4. The van der Waals surface area contributed by atoms with Crippen molar-refractivity contribution in [3.8, 4) is 0 Å². The number of fused-ring (bicyclic) bond motifs is 1. The highest BCUT2D eigenvalue weighted by Crippen LogP contribution is 2.38. The quantitative estimate of drug-likeness (QED) is 0.678. The molecule has 1 aromatic carbocycles. The monoisotopic (exact) mass is 280 g/mol. The average molecular weight is 280 g/mol. The van der Waals surface area contributed by atoms with E-state index in [2.05, 4.69) is 4.90 Å². The third-order valence-electron chi connectivity index (χ3n) is 4.54. The van der Waals surface area contributed by atoms with Crippen molar-refractivity contribution in [1.29, 1.82) is 0 Å². The first-order valence-electron chi connectivity index (χ1n) is 6.88. The van der Waals surface area contributed by atoms with E-state index in [0.29, 0.717) is 18.0 Å². The molecule has 0 radical (unpaired) electrons. The summed E-state index contributed by atoms with van der Waals surface area (Å²) in [6.07, 6.45) is 1.62. The molecule has 6 heteroatoms. The molecule has 1 heterocycles. The molecule has 0 amide bonds. The van der Waals surface area contributed by atoms with Gasteiger partial charge in [0, 0.05) is 37.2 Å². The number of halogens is 1. The van der Waals surface area contributed by atoms with Gasteiger partial charge in [-0.05, 0) is 18.8 Å². The van der Waals surface area contributed by atoms with E-state index < -0.39 is 16.4 Å². The number of likely N-dealkylation sites (tertiary alicyclic amines) is 1. The highest BCUT2D eigenvalue weighted by molar-refractivity contribution is 5.36. The van der Waals surface area contributed by atoms with E-state index in [1.54, 1.807) is 6.07 Å². The van der Waals surface area contributed by atoms with E-state index in [1.807, 2.05) is 0 Å². The molecule has 2 fully saturated rings. The summed E-state index contributed by atoms with van der Waals surface area (Å²) in [5.74, 6) is 0.0126. The van der Waals surface area contributed by atoms with E-state index in [4.69, 9.17) is 0 Å². The van der Waals surface area contributed by atoms with E-state index in [9.17, 15) is 19.6 Å². The fourth-order valence-electron chi connectivity index (χ4n) is 3.53. The minimum Gasteiger partial charge on any atom is -0.393 e.